The molecule has 0 radical (unpaired) electrons. The minimum absolute atomic E-state index is 0.00809. The molecule has 0 atom stereocenters. The number of amides is 4. The second kappa shape index (κ2) is 45.2. The monoisotopic (exact) mass is 2160 g/mol. The quantitative estimate of drug-likeness (QED) is 0.0371. The van der Waals surface area contributed by atoms with Gasteiger partial charge in [0.15, 0.2) is 0 Å². The number of pyridine rings is 2. The minimum Gasteiger partial charge on any atom is -0.406 e. The Bertz CT molecular complexity index is 7020. The Hall–Kier alpha value is -10.9. The maximum atomic E-state index is 13.6. The van der Waals surface area contributed by atoms with Crippen molar-refractivity contribution < 1.29 is 105 Å². The Balaban J connectivity index is 0.000000161. The van der Waals surface area contributed by atoms with Crippen LogP contribution in [-0.4, -0.2) is 165 Å². The highest BCUT2D eigenvalue weighted by Gasteiger charge is 2.40. The molecule has 6 aromatic heterocycles. The zero-order valence-electron chi connectivity index (χ0n) is 79.4. The number of aryl methyl sites for hydroxylation is 6. The number of nitrogens with zero attached hydrogens (tertiary/aromatic N) is 10. The van der Waals surface area contributed by atoms with Gasteiger partial charge in [0.1, 0.15) is 45.5 Å². The standard InChI is InChI=1S/C26H24Cl2F3N3O3.C26H26Cl2F3N3O2.C26H25Cl2F3N2O3.C25H23Cl2F3N2O3/c1-13-8-16(26(29,30)31)10-19-17(13)11-20(33(19)3)23(36)21-22(27)18(12-32-24(21)28)25(37)34-6-4-15(5-7-34)9-14(2)35;1-14-8-17(26(29,30)31)10-22-19(14)11-18(33(22)3)12-20-21(27)13-32-24(23(20)28)25(36)34-6-4-16(5-7-34)9-15(2)35;1-15(34)11-16-7-9-33(10-8-16)25(35)20-5-6-22(27)21(24(20)28)13-18-12-17-3-4-19(36-26(29,30)31)14-23(17)32(18)2;1-14(33)15-7-9-32(10-8-15)24(34)19-5-6-21(26)20(23(19)27)12-17-11-16-3-4-18(35-25(28,29)30)13-22(16)31(17)2/h8,10-12,15H,4-7,9H2,1-3H3;8,10-11,13,16H,4-7,9,12H2,1-3H3;3-6,12,14,16H,7-11,13H2,1-2H3;3-6,11,13,15H,7-10,12H2,1-2H3. The van der Waals surface area contributed by atoms with E-state index in [1.807, 2.05) is 18.2 Å². The van der Waals surface area contributed by atoms with Crippen molar-refractivity contribution >= 4 is 189 Å². The molecule has 0 saturated carbocycles. The largest absolute Gasteiger partial charge is 0.573 e. The molecule has 0 aliphatic carbocycles. The third-order valence-corrected chi connectivity index (χ3v) is 29.8. The molecular formula is C103H98Cl8F12N10O11. The van der Waals surface area contributed by atoms with Crippen LogP contribution in [0.3, 0.4) is 0 Å². The molecule has 144 heavy (non-hydrogen) atoms. The Morgan fingerprint density at radius 1 is 0.375 bits per heavy atom. The lowest BCUT2D eigenvalue weighted by Crippen LogP contribution is -2.40. The zero-order chi connectivity index (χ0) is 105. The average molecular weight is 2160 g/mol. The summed E-state index contributed by atoms with van der Waals surface area (Å²) in [6, 6.07) is 26.0. The summed E-state index contributed by atoms with van der Waals surface area (Å²) in [7, 11) is 6.63. The molecule has 4 fully saturated rings. The van der Waals surface area contributed by atoms with Gasteiger partial charge in [0.25, 0.3) is 23.6 Å². The molecule has 41 heteroatoms. The number of ketones is 5. The summed E-state index contributed by atoms with van der Waals surface area (Å²) in [6.45, 7) is 13.4. The van der Waals surface area contributed by atoms with Gasteiger partial charge in [-0.2, -0.15) is 26.3 Å². The Morgan fingerprint density at radius 2 is 0.736 bits per heavy atom. The number of alkyl halides is 12. The number of benzene rings is 6. The molecule has 0 bridgehead atoms. The number of fused-ring (bicyclic) bond motifs is 4. The van der Waals surface area contributed by atoms with E-state index >= 15 is 0 Å². The molecule has 4 aliphatic heterocycles. The number of ether oxygens (including phenoxy) is 2. The summed E-state index contributed by atoms with van der Waals surface area (Å²) in [5.41, 5.74) is 5.55. The molecule has 0 N–H and O–H groups in total. The van der Waals surface area contributed by atoms with Crippen molar-refractivity contribution in [3.8, 4) is 11.5 Å². The lowest BCUT2D eigenvalue weighted by molar-refractivity contribution is -0.275. The van der Waals surface area contributed by atoms with E-state index in [-0.39, 0.29) is 154 Å². The van der Waals surface area contributed by atoms with Gasteiger partial charge in [-0.15, -0.1) is 26.3 Å². The molecular weight excluding hydrogens is 2060 g/mol. The van der Waals surface area contributed by atoms with E-state index in [1.54, 1.807) is 125 Å². The van der Waals surface area contributed by atoms with E-state index in [2.05, 4.69) is 19.4 Å². The first-order valence-electron chi connectivity index (χ1n) is 45.9. The number of rotatable bonds is 21. The van der Waals surface area contributed by atoms with Crippen molar-refractivity contribution in [2.45, 2.75) is 157 Å². The van der Waals surface area contributed by atoms with Gasteiger partial charge in [-0.1, -0.05) is 92.8 Å². The first-order chi connectivity index (χ1) is 67.5. The lowest BCUT2D eigenvalue weighted by Gasteiger charge is -2.32. The van der Waals surface area contributed by atoms with Gasteiger partial charge in [0.2, 0.25) is 5.78 Å². The Labute approximate surface area is 860 Å². The van der Waals surface area contributed by atoms with Crippen LogP contribution in [0.15, 0.2) is 122 Å². The van der Waals surface area contributed by atoms with Gasteiger partial charge < -0.3 is 61.7 Å². The SMILES string of the molecule is CC(=O)C1CCN(C(=O)c2ccc(Cl)c(Cc3cc4ccc(OC(F)(F)F)cc4n3C)c2Cl)CC1.CC(=O)CC1CCN(C(=O)c2ccc(Cl)c(Cc3cc4ccc(OC(F)(F)F)cc4n3C)c2Cl)CC1.CC(=O)CC1CCN(C(=O)c2cnc(Cl)c(C(=O)c3cc4c(C)cc(C(F)(F)F)cc4n3C)c2Cl)CC1.CC(=O)CC1CCN(C(=O)c2ncc(Cl)c(Cc3cc4c(C)cc(C(F)(F)F)cc4n3C)c2Cl)CC1. The Morgan fingerprint density at radius 3 is 1.12 bits per heavy atom. The highest BCUT2D eigenvalue weighted by atomic mass is 35.5. The number of halogens is 20. The smallest absolute Gasteiger partial charge is 0.406 e. The molecule has 12 aromatic rings. The summed E-state index contributed by atoms with van der Waals surface area (Å²) < 4.78 is 170. The normalized spacial score (nSPS) is 15.0. The third kappa shape index (κ3) is 25.8. The van der Waals surface area contributed by atoms with Crippen LogP contribution in [0.2, 0.25) is 40.3 Å². The van der Waals surface area contributed by atoms with Crippen molar-refractivity contribution in [2.24, 2.45) is 51.9 Å². The predicted molar refractivity (Wildman–Crippen MR) is 529 cm³/mol. The minimum atomic E-state index is -4.78. The summed E-state index contributed by atoms with van der Waals surface area (Å²) in [6.07, 6.45) is -8.09. The van der Waals surface area contributed by atoms with Gasteiger partial charge in [-0.3, -0.25) is 28.8 Å². The molecule has 766 valence electrons. The number of piperidine rings is 4. The van der Waals surface area contributed by atoms with E-state index in [0.29, 0.717) is 179 Å². The van der Waals surface area contributed by atoms with Crippen molar-refractivity contribution in [3.05, 3.63) is 252 Å². The van der Waals surface area contributed by atoms with Crippen LogP contribution >= 0.6 is 92.8 Å². The number of Topliss-reactive ketones (excluding diaryl/α,β-unsaturated/α-hetero) is 4. The Kier molecular flexibility index (Phi) is 34.6. The van der Waals surface area contributed by atoms with Crippen molar-refractivity contribution in [2.75, 3.05) is 52.4 Å². The van der Waals surface area contributed by atoms with E-state index in [4.69, 9.17) is 92.8 Å². The van der Waals surface area contributed by atoms with Crippen LogP contribution in [0.1, 0.15) is 212 Å². The number of likely N-dealkylation sites (tertiary alicyclic amines) is 4. The number of carbonyl (C=O) groups is 9. The molecule has 4 aliphatic rings. The second-order valence-electron chi connectivity index (χ2n) is 36.8. The first kappa shape index (κ1) is 110. The number of aromatic nitrogens is 6. The van der Waals surface area contributed by atoms with Gasteiger partial charge in [-0.05, 0) is 236 Å². The molecule has 4 amide bonds. The second-order valence-corrected chi connectivity index (χ2v) is 39.9. The average Bonchev–Trinajstić information content (AvgIpc) is 1.58. The van der Waals surface area contributed by atoms with Crippen LogP contribution < -0.4 is 9.47 Å². The number of hydrogen-bond donors (Lipinski definition) is 0. The van der Waals surface area contributed by atoms with Crippen LogP contribution in [0.25, 0.3) is 43.6 Å². The van der Waals surface area contributed by atoms with E-state index in [9.17, 15) is 95.8 Å². The van der Waals surface area contributed by atoms with Gasteiger partial charge in [-0.25, -0.2) is 9.97 Å². The summed E-state index contributed by atoms with van der Waals surface area (Å²) >= 11 is 52.1. The molecule has 4 saturated heterocycles. The maximum Gasteiger partial charge on any atom is 0.573 e. The number of hydrogen-bond acceptors (Lipinski definition) is 13. The molecule has 6 aromatic carbocycles. The van der Waals surface area contributed by atoms with E-state index in [0.717, 1.165) is 72.1 Å². The molecule has 10 heterocycles. The molecule has 0 spiro atoms. The fraction of sp³-hybridized carbons (Fsp3) is 0.388. The maximum absolute atomic E-state index is 13.6. The molecule has 21 nitrogen and oxygen atoms in total. The van der Waals surface area contributed by atoms with Crippen LogP contribution in [0.5, 0.6) is 11.5 Å². The summed E-state index contributed by atoms with van der Waals surface area (Å²) in [5.74, 6) is -1.12. The van der Waals surface area contributed by atoms with Crippen LogP contribution in [0, 0.1) is 37.5 Å². The van der Waals surface area contributed by atoms with Gasteiger partial charge >= 0.3 is 25.1 Å². The summed E-state index contributed by atoms with van der Waals surface area (Å²) in [5, 5.41) is 3.92. The van der Waals surface area contributed by atoms with Crippen LogP contribution in [-0.2, 0) is 79.0 Å². The fourth-order valence-electron chi connectivity index (χ4n) is 19.0. The molecule has 0 unspecified atom stereocenters. The molecule has 16 rings (SSSR count). The van der Waals surface area contributed by atoms with Crippen molar-refractivity contribution in [1.29, 1.82) is 0 Å². The van der Waals surface area contributed by atoms with Gasteiger partial charge in [0.05, 0.1) is 75.2 Å². The van der Waals surface area contributed by atoms with Gasteiger partial charge in [0, 0.05) is 209 Å². The van der Waals surface area contributed by atoms with Crippen molar-refractivity contribution in [3.63, 3.8) is 0 Å². The van der Waals surface area contributed by atoms with E-state index in [1.165, 1.54) is 61.3 Å². The van der Waals surface area contributed by atoms with Crippen molar-refractivity contribution in [1.82, 2.24) is 47.8 Å². The highest BCUT2D eigenvalue weighted by Crippen LogP contribution is 2.44. The fourth-order valence-corrected chi connectivity index (χ4v) is 21.3. The lowest BCUT2D eigenvalue weighted by atomic mass is 9.91. The summed E-state index contributed by atoms with van der Waals surface area (Å²) in [4.78, 5) is 127. The van der Waals surface area contributed by atoms with Crippen LogP contribution in [0.4, 0.5) is 52.7 Å². The first-order valence-corrected chi connectivity index (χ1v) is 48.9. The van der Waals surface area contributed by atoms with E-state index < -0.39 is 47.9 Å². The zero-order valence-corrected chi connectivity index (χ0v) is 85.5. The topological polar surface area (TPSA) is 231 Å². The third-order valence-electron chi connectivity index (χ3n) is 26.8. The number of carbonyl (C=O) groups excluding carboxylic acids is 9. The highest BCUT2D eigenvalue weighted by molar-refractivity contribution is 6.43. The predicted octanol–water partition coefficient (Wildman–Crippen LogP) is 26.1.